The number of β-amino-alcohol motifs (C(OH)–C–C–N with tert-alkyl or cyclic N) is 1. The van der Waals surface area contributed by atoms with Gasteiger partial charge in [-0.05, 0) is 66.1 Å². The van der Waals surface area contributed by atoms with E-state index < -0.39 is 6.10 Å². The van der Waals surface area contributed by atoms with Crippen LogP contribution >= 0.6 is 0 Å². The number of nitrogens with one attached hydrogen (secondary N) is 2. The van der Waals surface area contributed by atoms with E-state index in [0.717, 1.165) is 48.7 Å². The monoisotopic (exact) mass is 561 g/mol. The number of fused-ring (bicyclic) bond motifs is 1. The van der Waals surface area contributed by atoms with Gasteiger partial charge in [-0.1, -0.05) is 18.2 Å². The van der Waals surface area contributed by atoms with Gasteiger partial charge >= 0.3 is 0 Å². The first-order valence-corrected chi connectivity index (χ1v) is 14.2. The lowest BCUT2D eigenvalue weighted by Crippen LogP contribution is -2.49. The molecule has 218 valence electrons. The third kappa shape index (κ3) is 7.56. The first-order valence-electron chi connectivity index (χ1n) is 14.2. The molecule has 3 aromatic carbocycles. The number of aliphatic hydroxyl groups is 1. The second-order valence-corrected chi connectivity index (χ2v) is 10.5. The number of hydrogen-bond donors (Lipinski definition) is 3. The van der Waals surface area contributed by atoms with Crippen LogP contribution in [0, 0.1) is 0 Å². The fourth-order valence-electron chi connectivity index (χ4n) is 5.42. The van der Waals surface area contributed by atoms with Gasteiger partial charge in [-0.3, -0.25) is 4.79 Å². The zero-order valence-corrected chi connectivity index (χ0v) is 23.7. The molecular formula is C32H39N3O6. The topological polar surface area (TPSA) is 102 Å². The predicted octanol–water partition coefficient (Wildman–Crippen LogP) is 4.31. The number of methoxy groups -OCH3 is 1. The van der Waals surface area contributed by atoms with Crippen LogP contribution in [-0.2, 0) is 20.9 Å². The van der Waals surface area contributed by atoms with Crippen molar-refractivity contribution >= 4 is 17.3 Å². The fraction of sp³-hybridized carbons (Fsp3) is 0.406. The first kappa shape index (κ1) is 28.9. The fourth-order valence-corrected chi connectivity index (χ4v) is 5.42. The van der Waals surface area contributed by atoms with Crippen molar-refractivity contribution in [2.24, 2.45) is 0 Å². The van der Waals surface area contributed by atoms with E-state index in [2.05, 4.69) is 21.6 Å². The van der Waals surface area contributed by atoms with E-state index in [1.165, 1.54) is 6.92 Å². The standard InChI is InChI=1S/C32H39N3O6/c1-22(36)34-25-7-11-27(12-8-25)41-26-9-5-24(6-10-26)32-29(37)19-33-20-31(32)40-21-23-4-13-30-28(18-23)35(15-17-39-30)14-3-16-38-2/h4-13,18,29,31-33,37H,3,14-17,19-21H2,1-2H3,(H,34,36). The van der Waals surface area contributed by atoms with Gasteiger partial charge in [-0.15, -0.1) is 0 Å². The van der Waals surface area contributed by atoms with E-state index in [-0.39, 0.29) is 17.9 Å². The molecule has 3 aromatic rings. The van der Waals surface area contributed by atoms with Gasteiger partial charge in [0.1, 0.15) is 23.9 Å². The number of benzene rings is 3. The van der Waals surface area contributed by atoms with E-state index in [1.807, 2.05) is 48.5 Å². The van der Waals surface area contributed by atoms with Crippen LogP contribution in [-0.4, -0.2) is 69.7 Å². The minimum Gasteiger partial charge on any atom is -0.490 e. The SMILES string of the molecule is COCCCN1CCOc2ccc(COC3CNCC(O)C3c3ccc(Oc4ccc(NC(C)=O)cc4)cc3)cc21. The molecule has 9 nitrogen and oxygen atoms in total. The summed E-state index contributed by atoms with van der Waals surface area (Å²) in [5.74, 6) is 1.97. The molecule has 1 amide bonds. The smallest absolute Gasteiger partial charge is 0.221 e. The summed E-state index contributed by atoms with van der Waals surface area (Å²) in [4.78, 5) is 13.6. The van der Waals surface area contributed by atoms with Crippen LogP contribution in [0.4, 0.5) is 11.4 Å². The van der Waals surface area contributed by atoms with Crippen LogP contribution in [0.15, 0.2) is 66.7 Å². The largest absolute Gasteiger partial charge is 0.490 e. The van der Waals surface area contributed by atoms with Crippen molar-refractivity contribution in [3.63, 3.8) is 0 Å². The highest BCUT2D eigenvalue weighted by molar-refractivity contribution is 5.88. The molecule has 1 fully saturated rings. The summed E-state index contributed by atoms with van der Waals surface area (Å²) in [5, 5.41) is 17.0. The number of carbonyl (C=O) groups excluding carboxylic acids is 1. The van der Waals surface area contributed by atoms with Gasteiger partial charge in [-0.25, -0.2) is 0 Å². The Labute approximate surface area is 241 Å². The number of rotatable bonds is 11. The Morgan fingerprint density at radius 2 is 1.83 bits per heavy atom. The molecule has 3 atom stereocenters. The number of amides is 1. The molecule has 0 aliphatic carbocycles. The second kappa shape index (κ2) is 13.8. The highest BCUT2D eigenvalue weighted by Gasteiger charge is 2.34. The average Bonchev–Trinajstić information content (AvgIpc) is 2.98. The molecule has 2 heterocycles. The van der Waals surface area contributed by atoms with Crippen LogP contribution in [0.5, 0.6) is 17.2 Å². The van der Waals surface area contributed by atoms with Gasteiger partial charge in [0, 0.05) is 51.9 Å². The van der Waals surface area contributed by atoms with Crippen molar-refractivity contribution in [2.75, 3.05) is 56.7 Å². The molecule has 2 aliphatic rings. The number of nitrogens with zero attached hydrogens (tertiary/aromatic N) is 1. The molecule has 3 unspecified atom stereocenters. The van der Waals surface area contributed by atoms with Crippen molar-refractivity contribution in [3.8, 4) is 17.2 Å². The normalized spacial score (nSPS) is 20.2. The minimum atomic E-state index is -0.574. The van der Waals surface area contributed by atoms with Gasteiger partial charge in [0.25, 0.3) is 0 Å². The number of hydrogen-bond acceptors (Lipinski definition) is 8. The molecule has 0 radical (unpaired) electrons. The third-order valence-corrected chi connectivity index (χ3v) is 7.41. The second-order valence-electron chi connectivity index (χ2n) is 10.5. The molecule has 2 aliphatic heterocycles. The highest BCUT2D eigenvalue weighted by Crippen LogP contribution is 2.34. The van der Waals surface area contributed by atoms with Gasteiger partial charge in [0.05, 0.1) is 31.0 Å². The Balaban J connectivity index is 1.23. The number of piperidine rings is 1. The lowest BCUT2D eigenvalue weighted by atomic mass is 9.85. The van der Waals surface area contributed by atoms with Crippen molar-refractivity contribution in [3.05, 3.63) is 77.9 Å². The van der Waals surface area contributed by atoms with Crippen LogP contribution in [0.25, 0.3) is 0 Å². The summed E-state index contributed by atoms with van der Waals surface area (Å²) < 4.78 is 23.5. The molecule has 0 aromatic heterocycles. The van der Waals surface area contributed by atoms with E-state index >= 15 is 0 Å². The van der Waals surface area contributed by atoms with Gasteiger partial charge < -0.3 is 39.6 Å². The van der Waals surface area contributed by atoms with E-state index in [9.17, 15) is 9.90 Å². The average molecular weight is 562 g/mol. The first-order chi connectivity index (χ1) is 20.0. The molecule has 9 heteroatoms. The van der Waals surface area contributed by atoms with Crippen LogP contribution in [0.3, 0.4) is 0 Å². The van der Waals surface area contributed by atoms with E-state index in [4.69, 9.17) is 18.9 Å². The Morgan fingerprint density at radius 1 is 1.07 bits per heavy atom. The Kier molecular flexibility index (Phi) is 9.74. The molecule has 5 rings (SSSR count). The van der Waals surface area contributed by atoms with Gasteiger partial charge in [0.15, 0.2) is 0 Å². The summed E-state index contributed by atoms with van der Waals surface area (Å²) in [6.45, 7) is 6.25. The summed E-state index contributed by atoms with van der Waals surface area (Å²) in [7, 11) is 1.73. The van der Waals surface area contributed by atoms with Crippen molar-refractivity contribution < 1.29 is 28.8 Å². The zero-order valence-electron chi connectivity index (χ0n) is 23.7. The summed E-state index contributed by atoms with van der Waals surface area (Å²) in [5.41, 5.74) is 3.87. The Bertz CT molecular complexity index is 1280. The Hall–Kier alpha value is -3.63. The van der Waals surface area contributed by atoms with Crippen molar-refractivity contribution in [1.29, 1.82) is 0 Å². The lowest BCUT2D eigenvalue weighted by Gasteiger charge is -2.36. The van der Waals surface area contributed by atoms with Crippen molar-refractivity contribution in [2.45, 2.75) is 38.1 Å². The number of anilines is 2. The summed E-state index contributed by atoms with van der Waals surface area (Å²) in [6, 6.07) is 21.2. The molecular weight excluding hydrogens is 522 g/mol. The molecule has 0 saturated carbocycles. The highest BCUT2D eigenvalue weighted by atomic mass is 16.5. The maximum Gasteiger partial charge on any atom is 0.221 e. The molecule has 3 N–H and O–H groups in total. The lowest BCUT2D eigenvalue weighted by molar-refractivity contribution is -0.114. The molecule has 1 saturated heterocycles. The molecule has 0 bridgehead atoms. The maximum atomic E-state index is 11.2. The van der Waals surface area contributed by atoms with Crippen molar-refractivity contribution in [1.82, 2.24) is 5.32 Å². The molecule has 41 heavy (non-hydrogen) atoms. The van der Waals surface area contributed by atoms with Crippen LogP contribution < -0.4 is 25.0 Å². The maximum absolute atomic E-state index is 11.2. The summed E-state index contributed by atoms with van der Waals surface area (Å²) >= 11 is 0. The minimum absolute atomic E-state index is 0.116. The quantitative estimate of drug-likeness (QED) is 0.298. The number of carbonyl (C=O) groups is 1. The molecule has 0 spiro atoms. The van der Waals surface area contributed by atoms with Crippen LogP contribution in [0.1, 0.15) is 30.4 Å². The van der Waals surface area contributed by atoms with E-state index in [1.54, 1.807) is 19.2 Å². The number of aliphatic hydroxyl groups excluding tert-OH is 1. The third-order valence-electron chi connectivity index (χ3n) is 7.41. The van der Waals surface area contributed by atoms with Gasteiger partial charge in [0.2, 0.25) is 5.91 Å². The summed E-state index contributed by atoms with van der Waals surface area (Å²) in [6.07, 6.45) is 0.186. The zero-order chi connectivity index (χ0) is 28.6. The Morgan fingerprint density at radius 3 is 2.56 bits per heavy atom. The van der Waals surface area contributed by atoms with E-state index in [0.29, 0.717) is 43.5 Å². The number of ether oxygens (including phenoxy) is 4. The van der Waals surface area contributed by atoms with Gasteiger partial charge in [-0.2, -0.15) is 0 Å². The van der Waals surface area contributed by atoms with Crippen LogP contribution in [0.2, 0.25) is 0 Å². The predicted molar refractivity (Wildman–Crippen MR) is 158 cm³/mol.